The van der Waals surface area contributed by atoms with Crippen LogP contribution in [0.3, 0.4) is 0 Å². The number of anilines is 2. The number of amides is 2. The van der Waals surface area contributed by atoms with Gasteiger partial charge in [0, 0.05) is 30.5 Å². The maximum atomic E-state index is 13.1. The second kappa shape index (κ2) is 8.90. The fourth-order valence-electron chi connectivity index (χ4n) is 4.37. The summed E-state index contributed by atoms with van der Waals surface area (Å²) in [7, 11) is 1.86. The second-order valence-electron chi connectivity index (χ2n) is 9.50. The molecule has 0 aromatic carbocycles. The zero-order chi connectivity index (χ0) is 24.7. The van der Waals surface area contributed by atoms with E-state index in [1.807, 2.05) is 26.4 Å². The predicted octanol–water partition coefficient (Wildman–Crippen LogP) is 3.56. The molecule has 0 radical (unpaired) electrons. The third-order valence-corrected chi connectivity index (χ3v) is 7.62. The third kappa shape index (κ3) is 4.69. The predicted molar refractivity (Wildman–Crippen MR) is 136 cm³/mol. The zero-order valence-electron chi connectivity index (χ0n) is 20.2. The SMILES string of the molecule is Cc1ncc(NC(=O)CN2CCCC2(C)C)cc1NC(=O)c1cnn2cc(-c3cnn(C)c3)sc12. The van der Waals surface area contributed by atoms with Crippen molar-refractivity contribution in [2.24, 2.45) is 7.05 Å². The smallest absolute Gasteiger partial charge is 0.260 e. The Labute approximate surface area is 207 Å². The first kappa shape index (κ1) is 23.2. The topological polar surface area (TPSA) is 109 Å². The highest BCUT2D eigenvalue weighted by Gasteiger charge is 2.32. The van der Waals surface area contributed by atoms with E-state index in [1.54, 1.807) is 33.9 Å². The molecule has 0 unspecified atom stereocenters. The highest BCUT2D eigenvalue weighted by Crippen LogP contribution is 2.31. The Morgan fingerprint density at radius 2 is 1.97 bits per heavy atom. The largest absolute Gasteiger partial charge is 0.324 e. The number of nitrogens with one attached hydrogen (secondary N) is 2. The number of carbonyl (C=O) groups excluding carboxylic acids is 2. The average molecular weight is 493 g/mol. The molecule has 182 valence electrons. The van der Waals surface area contributed by atoms with E-state index in [2.05, 4.69) is 44.6 Å². The maximum absolute atomic E-state index is 13.1. The Bertz CT molecular complexity index is 1420. The van der Waals surface area contributed by atoms with Gasteiger partial charge in [0.25, 0.3) is 5.91 Å². The fraction of sp³-hybridized carbons (Fsp3) is 0.375. The van der Waals surface area contributed by atoms with Crippen molar-refractivity contribution in [3.05, 3.63) is 48.3 Å². The van der Waals surface area contributed by atoms with Crippen molar-refractivity contribution in [3.63, 3.8) is 0 Å². The van der Waals surface area contributed by atoms with Crippen molar-refractivity contribution < 1.29 is 9.59 Å². The van der Waals surface area contributed by atoms with Crippen LogP contribution in [0.25, 0.3) is 15.3 Å². The molecule has 11 heteroatoms. The summed E-state index contributed by atoms with van der Waals surface area (Å²) in [5.74, 6) is -0.380. The second-order valence-corrected chi connectivity index (χ2v) is 10.5. The van der Waals surface area contributed by atoms with Gasteiger partial charge in [0.05, 0.1) is 52.6 Å². The highest BCUT2D eigenvalue weighted by atomic mass is 32.1. The van der Waals surface area contributed by atoms with Crippen LogP contribution in [-0.2, 0) is 11.8 Å². The Hall–Kier alpha value is -3.57. The minimum absolute atomic E-state index is 0.0254. The van der Waals surface area contributed by atoms with Gasteiger partial charge in [-0.05, 0) is 46.2 Å². The van der Waals surface area contributed by atoms with Crippen molar-refractivity contribution in [1.29, 1.82) is 0 Å². The van der Waals surface area contributed by atoms with Crippen molar-refractivity contribution in [1.82, 2.24) is 29.3 Å². The molecule has 0 saturated carbocycles. The van der Waals surface area contributed by atoms with Gasteiger partial charge in [-0.1, -0.05) is 0 Å². The van der Waals surface area contributed by atoms with E-state index in [-0.39, 0.29) is 17.4 Å². The van der Waals surface area contributed by atoms with Gasteiger partial charge >= 0.3 is 0 Å². The van der Waals surface area contributed by atoms with Crippen molar-refractivity contribution in [2.75, 3.05) is 23.7 Å². The molecule has 5 heterocycles. The number of hydrogen-bond acceptors (Lipinski definition) is 7. The first-order valence-corrected chi connectivity index (χ1v) is 12.3. The van der Waals surface area contributed by atoms with Gasteiger partial charge in [0.1, 0.15) is 4.83 Å². The molecule has 4 aromatic heterocycles. The molecule has 0 aliphatic carbocycles. The lowest BCUT2D eigenvalue weighted by atomic mass is 10.0. The van der Waals surface area contributed by atoms with Crippen LogP contribution in [0.15, 0.2) is 37.1 Å². The lowest BCUT2D eigenvalue weighted by Gasteiger charge is -2.30. The number of aromatic nitrogens is 5. The van der Waals surface area contributed by atoms with E-state index >= 15 is 0 Å². The van der Waals surface area contributed by atoms with Crippen LogP contribution >= 0.6 is 11.3 Å². The Morgan fingerprint density at radius 3 is 2.69 bits per heavy atom. The molecule has 0 spiro atoms. The molecule has 1 saturated heterocycles. The number of rotatable bonds is 6. The van der Waals surface area contributed by atoms with E-state index in [9.17, 15) is 9.59 Å². The van der Waals surface area contributed by atoms with Gasteiger partial charge in [-0.25, -0.2) is 4.52 Å². The van der Waals surface area contributed by atoms with E-state index < -0.39 is 0 Å². The van der Waals surface area contributed by atoms with Crippen LogP contribution in [0.2, 0.25) is 0 Å². The summed E-state index contributed by atoms with van der Waals surface area (Å²) >= 11 is 1.48. The Balaban J connectivity index is 1.30. The minimum Gasteiger partial charge on any atom is -0.324 e. The molecule has 1 fully saturated rings. The van der Waals surface area contributed by atoms with Crippen molar-refractivity contribution >= 4 is 39.4 Å². The average Bonchev–Trinajstić information content (AvgIpc) is 3.55. The van der Waals surface area contributed by atoms with Crippen LogP contribution in [-0.4, -0.2) is 59.7 Å². The van der Waals surface area contributed by atoms with Gasteiger partial charge in [-0.15, -0.1) is 11.3 Å². The first-order valence-electron chi connectivity index (χ1n) is 11.5. The number of carbonyl (C=O) groups is 2. The van der Waals surface area contributed by atoms with E-state index in [0.717, 1.165) is 34.7 Å². The monoisotopic (exact) mass is 492 g/mol. The quantitative estimate of drug-likeness (QED) is 0.426. The van der Waals surface area contributed by atoms with Crippen LogP contribution in [0.4, 0.5) is 11.4 Å². The van der Waals surface area contributed by atoms with Crippen molar-refractivity contribution in [2.45, 2.75) is 39.2 Å². The molecular formula is C24H28N8O2S. The van der Waals surface area contributed by atoms with Crippen LogP contribution in [0, 0.1) is 6.92 Å². The molecule has 0 atom stereocenters. The van der Waals surface area contributed by atoms with Gasteiger partial charge in [0.15, 0.2) is 0 Å². The number of aryl methyl sites for hydroxylation is 2. The van der Waals surface area contributed by atoms with E-state index in [0.29, 0.717) is 29.2 Å². The highest BCUT2D eigenvalue weighted by molar-refractivity contribution is 7.21. The summed E-state index contributed by atoms with van der Waals surface area (Å²) in [6.07, 6.45) is 10.9. The fourth-order valence-corrected chi connectivity index (χ4v) is 5.40. The van der Waals surface area contributed by atoms with Gasteiger partial charge in [0.2, 0.25) is 5.91 Å². The number of fused-ring (bicyclic) bond motifs is 1. The molecule has 10 nitrogen and oxygen atoms in total. The molecule has 0 bridgehead atoms. The number of pyridine rings is 1. The van der Waals surface area contributed by atoms with Crippen LogP contribution in [0.5, 0.6) is 0 Å². The number of likely N-dealkylation sites (tertiary alicyclic amines) is 1. The minimum atomic E-state index is -0.285. The summed E-state index contributed by atoms with van der Waals surface area (Å²) in [6.45, 7) is 7.38. The van der Waals surface area contributed by atoms with Crippen LogP contribution in [0.1, 0.15) is 42.7 Å². The summed E-state index contributed by atoms with van der Waals surface area (Å²) in [4.78, 5) is 34.0. The molecule has 35 heavy (non-hydrogen) atoms. The molecule has 1 aliphatic rings. The Kier molecular flexibility index (Phi) is 5.89. The number of hydrogen-bond donors (Lipinski definition) is 2. The zero-order valence-corrected chi connectivity index (χ0v) is 21.0. The standard InChI is InChI=1S/C24H28N8O2S/c1-15-19(8-17(10-25-15)28-21(33)14-31-7-5-6-24(31,2)3)29-22(34)18-11-27-32-13-20(35-23(18)32)16-9-26-30(4)12-16/h8-13H,5-7,14H2,1-4H3,(H,28,33)(H,29,34). The van der Waals surface area contributed by atoms with Gasteiger partial charge < -0.3 is 10.6 Å². The lowest BCUT2D eigenvalue weighted by Crippen LogP contribution is -2.42. The van der Waals surface area contributed by atoms with Crippen molar-refractivity contribution in [3.8, 4) is 10.4 Å². The Morgan fingerprint density at radius 1 is 1.14 bits per heavy atom. The molecule has 4 aromatic rings. The van der Waals surface area contributed by atoms with Gasteiger partial charge in [-0.3, -0.25) is 24.2 Å². The van der Waals surface area contributed by atoms with E-state index in [4.69, 9.17) is 0 Å². The lowest BCUT2D eigenvalue weighted by molar-refractivity contribution is -0.118. The molecule has 2 N–H and O–H groups in total. The maximum Gasteiger partial charge on any atom is 0.260 e. The third-order valence-electron chi connectivity index (χ3n) is 6.46. The summed E-state index contributed by atoms with van der Waals surface area (Å²) in [6, 6.07) is 1.74. The first-order chi connectivity index (χ1) is 16.7. The number of nitrogens with zero attached hydrogens (tertiary/aromatic N) is 6. The summed E-state index contributed by atoms with van der Waals surface area (Å²) in [5, 5.41) is 14.4. The van der Waals surface area contributed by atoms with Crippen LogP contribution < -0.4 is 10.6 Å². The molecule has 2 amide bonds. The summed E-state index contributed by atoms with van der Waals surface area (Å²) in [5.41, 5.74) is 3.20. The normalized spacial score (nSPS) is 15.5. The molecule has 5 rings (SSSR count). The van der Waals surface area contributed by atoms with Gasteiger partial charge in [-0.2, -0.15) is 10.2 Å². The molecule has 1 aliphatic heterocycles. The molecular weight excluding hydrogens is 464 g/mol. The summed E-state index contributed by atoms with van der Waals surface area (Å²) < 4.78 is 3.43. The number of thiazole rings is 1. The van der Waals surface area contributed by atoms with E-state index in [1.165, 1.54) is 11.3 Å².